The van der Waals surface area contributed by atoms with Crippen molar-refractivity contribution in [2.75, 3.05) is 39.6 Å². The minimum atomic E-state index is -5.07. The van der Waals surface area contributed by atoms with Crippen LogP contribution in [0.2, 0.25) is 0 Å². The minimum Gasteiger partial charge on any atom is -0.726 e. The Hall–Kier alpha value is 0.0600. The molecule has 0 bridgehead atoms. The van der Waals surface area contributed by atoms with E-state index in [0.717, 1.165) is 32.1 Å². The number of ether oxygens (including phenoxy) is 3. The van der Waals surface area contributed by atoms with Crippen LogP contribution < -0.4 is 34.9 Å². The fourth-order valence-electron chi connectivity index (χ4n) is 5.32. The predicted octanol–water partition coefficient (Wildman–Crippen LogP) is 0.0744. The third-order valence-electron chi connectivity index (χ3n) is 8.44. The Morgan fingerprint density at radius 3 is 1.81 bits per heavy atom. The van der Waals surface area contributed by atoms with Crippen LogP contribution in [0, 0.1) is 5.41 Å². The Labute approximate surface area is 305 Å². The Bertz CT molecular complexity index is 880. The fourth-order valence-corrected chi connectivity index (χ4v) is 5.71. The molecule has 5 N–H and O–H groups in total. The molecule has 0 aromatic heterocycles. The summed E-state index contributed by atoms with van der Waals surface area (Å²) < 4.78 is 54.2. The van der Waals surface area contributed by atoms with Gasteiger partial charge >= 0.3 is 29.6 Å². The molecule has 1 fully saturated rings. The standard InChI is InChI=1S/C32H63NO12S.Na/c1-3-5-7-8-9-10-11-12-13-14-15-16-17-18-20-43-31-28(33-27(36)19-6-4-2)30(38)29(37)26(45-31)21-42-24-32(22-34,23-35)25-44-46(39,40)41;/h26,28-31,34-35,37-38H,3-25H2,1-2H3,(H,33,36)(H,39,40,41);/q;+1/p-1. The first-order chi connectivity index (χ1) is 22.0. The van der Waals surface area contributed by atoms with Crippen molar-refractivity contribution in [3.63, 3.8) is 0 Å². The van der Waals surface area contributed by atoms with Gasteiger partial charge in [-0.25, -0.2) is 8.42 Å². The Morgan fingerprint density at radius 2 is 1.32 bits per heavy atom. The molecule has 0 aromatic rings. The van der Waals surface area contributed by atoms with Gasteiger partial charge in [-0.2, -0.15) is 0 Å². The number of amides is 1. The Morgan fingerprint density at radius 1 is 0.809 bits per heavy atom. The van der Waals surface area contributed by atoms with E-state index < -0.39 is 72.9 Å². The molecule has 1 saturated heterocycles. The van der Waals surface area contributed by atoms with Crippen molar-refractivity contribution in [2.45, 2.75) is 154 Å². The van der Waals surface area contributed by atoms with Crippen molar-refractivity contribution in [1.29, 1.82) is 0 Å². The van der Waals surface area contributed by atoms with E-state index in [-0.39, 0.29) is 48.5 Å². The molecule has 0 aliphatic carbocycles. The number of rotatable bonds is 29. The van der Waals surface area contributed by atoms with Gasteiger partial charge in [0.05, 0.1) is 38.4 Å². The predicted molar refractivity (Wildman–Crippen MR) is 171 cm³/mol. The molecule has 274 valence electrons. The van der Waals surface area contributed by atoms with Crippen molar-refractivity contribution in [3.05, 3.63) is 0 Å². The van der Waals surface area contributed by atoms with Gasteiger partial charge in [0.1, 0.15) is 24.4 Å². The molecule has 0 spiro atoms. The Balaban J connectivity index is 0.0000212. The topological polar surface area (TPSA) is 204 Å². The first-order valence-electron chi connectivity index (χ1n) is 17.3. The molecule has 1 amide bonds. The molecule has 15 heteroatoms. The van der Waals surface area contributed by atoms with E-state index in [2.05, 4.69) is 16.4 Å². The Kier molecular flexibility index (Phi) is 27.8. The fraction of sp³-hybridized carbons (Fsp3) is 0.969. The monoisotopic (exact) mass is 707 g/mol. The molecule has 0 aromatic carbocycles. The number of aliphatic hydroxyl groups excluding tert-OH is 4. The minimum absolute atomic E-state index is 0. The SMILES string of the molecule is CCCCCCCCCCCCCCCCOC1OC(COCC(CO)(CO)COS(=O)(=O)[O-])C(O)C(O)C1NC(=O)CCCC.[Na+]. The smallest absolute Gasteiger partial charge is 0.726 e. The summed E-state index contributed by atoms with van der Waals surface area (Å²) in [5.41, 5.74) is -1.62. The molecule has 0 saturated carbocycles. The van der Waals surface area contributed by atoms with Crippen molar-refractivity contribution in [2.24, 2.45) is 5.41 Å². The number of hydrogen-bond donors (Lipinski definition) is 5. The second-order valence-corrected chi connectivity index (χ2v) is 13.7. The van der Waals surface area contributed by atoms with Gasteiger partial charge in [-0.15, -0.1) is 0 Å². The van der Waals surface area contributed by atoms with E-state index in [0.29, 0.717) is 13.0 Å². The van der Waals surface area contributed by atoms with Crippen LogP contribution in [-0.4, -0.2) is 110 Å². The van der Waals surface area contributed by atoms with Gasteiger partial charge < -0.3 is 44.5 Å². The molecule has 47 heavy (non-hydrogen) atoms. The number of nitrogens with one attached hydrogen (secondary N) is 1. The molecule has 13 nitrogen and oxygen atoms in total. The van der Waals surface area contributed by atoms with Crippen molar-refractivity contribution < 1.29 is 86.1 Å². The van der Waals surface area contributed by atoms with Crippen LogP contribution in [0.5, 0.6) is 0 Å². The number of carbonyl (C=O) groups is 1. The van der Waals surface area contributed by atoms with E-state index in [1.165, 1.54) is 64.2 Å². The van der Waals surface area contributed by atoms with Crippen LogP contribution in [0.4, 0.5) is 0 Å². The largest absolute Gasteiger partial charge is 1.00 e. The van der Waals surface area contributed by atoms with Gasteiger partial charge in [0.15, 0.2) is 6.29 Å². The molecule has 1 aliphatic rings. The van der Waals surface area contributed by atoms with Gasteiger partial charge in [-0.05, 0) is 12.8 Å². The molecule has 1 heterocycles. The average Bonchev–Trinajstić information content (AvgIpc) is 3.03. The normalized spacial score (nSPS) is 21.8. The number of carbonyl (C=O) groups excluding carboxylic acids is 1. The van der Waals surface area contributed by atoms with Gasteiger partial charge in [-0.3, -0.25) is 8.98 Å². The van der Waals surface area contributed by atoms with E-state index >= 15 is 0 Å². The first-order valence-corrected chi connectivity index (χ1v) is 18.7. The number of aliphatic hydroxyl groups is 4. The summed E-state index contributed by atoms with van der Waals surface area (Å²) in [5.74, 6) is -0.300. The summed E-state index contributed by atoms with van der Waals surface area (Å²) in [4.78, 5) is 12.5. The third-order valence-corrected chi connectivity index (χ3v) is 8.84. The molecule has 1 rings (SSSR count). The van der Waals surface area contributed by atoms with Crippen LogP contribution >= 0.6 is 0 Å². The molecular weight excluding hydrogens is 645 g/mol. The van der Waals surface area contributed by atoms with Crippen LogP contribution in [0.1, 0.15) is 123 Å². The van der Waals surface area contributed by atoms with Crippen molar-refractivity contribution in [3.8, 4) is 0 Å². The van der Waals surface area contributed by atoms with E-state index in [4.69, 9.17) is 14.2 Å². The van der Waals surface area contributed by atoms with E-state index in [1.807, 2.05) is 6.92 Å². The maximum atomic E-state index is 12.5. The molecule has 5 unspecified atom stereocenters. The van der Waals surface area contributed by atoms with Gasteiger partial charge in [0, 0.05) is 13.0 Å². The second-order valence-electron chi connectivity index (χ2n) is 12.7. The van der Waals surface area contributed by atoms with Gasteiger partial charge in [-0.1, -0.05) is 104 Å². The van der Waals surface area contributed by atoms with Crippen LogP contribution in [0.3, 0.4) is 0 Å². The van der Waals surface area contributed by atoms with E-state index in [9.17, 15) is 38.2 Å². The first kappa shape index (κ1) is 47.1. The summed E-state index contributed by atoms with van der Waals surface area (Å²) >= 11 is 0. The average molecular weight is 708 g/mol. The molecule has 1 aliphatic heterocycles. The van der Waals surface area contributed by atoms with E-state index in [1.54, 1.807) is 0 Å². The summed E-state index contributed by atoms with van der Waals surface area (Å²) in [6, 6.07) is -1.02. The summed E-state index contributed by atoms with van der Waals surface area (Å²) in [5, 5.41) is 43.8. The van der Waals surface area contributed by atoms with Crippen LogP contribution in [0.15, 0.2) is 0 Å². The van der Waals surface area contributed by atoms with Crippen LogP contribution in [-0.2, 0) is 33.6 Å². The number of unbranched alkanes of at least 4 members (excludes halogenated alkanes) is 14. The maximum Gasteiger partial charge on any atom is 1.00 e. The van der Waals surface area contributed by atoms with Gasteiger partial charge in [0.25, 0.3) is 0 Å². The zero-order valence-corrected chi connectivity index (χ0v) is 31.9. The summed E-state index contributed by atoms with van der Waals surface area (Å²) in [6.45, 7) is 1.40. The summed E-state index contributed by atoms with van der Waals surface area (Å²) in [6.07, 6.45) is 13.7. The van der Waals surface area contributed by atoms with Gasteiger partial charge in [0.2, 0.25) is 16.3 Å². The number of hydrogen-bond acceptors (Lipinski definition) is 12. The second kappa shape index (κ2) is 27.7. The van der Waals surface area contributed by atoms with Crippen molar-refractivity contribution in [1.82, 2.24) is 5.32 Å². The zero-order valence-electron chi connectivity index (χ0n) is 29.1. The quantitative estimate of drug-likeness (QED) is 0.0304. The molecule has 5 atom stereocenters. The van der Waals surface area contributed by atoms with Crippen molar-refractivity contribution >= 4 is 16.3 Å². The summed E-state index contributed by atoms with van der Waals surface area (Å²) in [7, 11) is -5.07. The maximum absolute atomic E-state index is 12.5. The molecule has 0 radical (unpaired) electrons. The zero-order chi connectivity index (χ0) is 34.3. The van der Waals surface area contributed by atoms with Crippen LogP contribution in [0.25, 0.3) is 0 Å². The molecular formula is C32H62NNaO12S. The third kappa shape index (κ3) is 21.1.